The molecule has 1 aliphatic rings. The predicted molar refractivity (Wildman–Crippen MR) is 87.9 cm³/mol. The first-order valence-corrected chi connectivity index (χ1v) is 7.64. The summed E-state index contributed by atoms with van der Waals surface area (Å²) in [5.41, 5.74) is -0.763. The molecular formula is C17H21NO6. The van der Waals surface area contributed by atoms with E-state index in [1.807, 2.05) is 0 Å². The molecule has 0 radical (unpaired) electrons. The molecule has 3 rings (SSSR count). The molecule has 24 heavy (non-hydrogen) atoms. The Morgan fingerprint density at radius 2 is 2.08 bits per heavy atom. The summed E-state index contributed by atoms with van der Waals surface area (Å²) in [5, 5.41) is 20.9. The SMILES string of the molecule is COc1c(C[C@@H](O)C(C)(C)O)c(=O)n(C)c2c3c(ccc12)OCO3. The van der Waals surface area contributed by atoms with Gasteiger partial charge in [-0.1, -0.05) is 0 Å². The van der Waals surface area contributed by atoms with Gasteiger partial charge >= 0.3 is 0 Å². The summed E-state index contributed by atoms with van der Waals surface area (Å²) < 4.78 is 17.8. The van der Waals surface area contributed by atoms with E-state index in [2.05, 4.69) is 0 Å². The number of fused-ring (bicyclic) bond motifs is 3. The number of methoxy groups -OCH3 is 1. The van der Waals surface area contributed by atoms with Crippen molar-refractivity contribution < 1.29 is 24.4 Å². The Morgan fingerprint density at radius 3 is 2.71 bits per heavy atom. The first-order valence-electron chi connectivity index (χ1n) is 7.64. The van der Waals surface area contributed by atoms with Gasteiger partial charge in [0.2, 0.25) is 6.79 Å². The van der Waals surface area contributed by atoms with Crippen molar-refractivity contribution in [2.45, 2.75) is 32.0 Å². The van der Waals surface area contributed by atoms with Gasteiger partial charge in [-0.05, 0) is 26.0 Å². The van der Waals surface area contributed by atoms with Crippen LogP contribution in [-0.4, -0.2) is 40.4 Å². The number of hydrogen-bond acceptors (Lipinski definition) is 6. The number of aliphatic hydroxyl groups excluding tert-OH is 1. The molecule has 0 spiro atoms. The van der Waals surface area contributed by atoms with Crippen LogP contribution < -0.4 is 19.8 Å². The lowest BCUT2D eigenvalue weighted by Gasteiger charge is -2.25. The largest absolute Gasteiger partial charge is 0.496 e. The average Bonchev–Trinajstić information content (AvgIpc) is 2.99. The maximum Gasteiger partial charge on any atom is 0.257 e. The summed E-state index contributed by atoms with van der Waals surface area (Å²) in [6, 6.07) is 3.55. The topological polar surface area (TPSA) is 90.2 Å². The molecule has 1 aromatic heterocycles. The summed E-state index contributed by atoms with van der Waals surface area (Å²) in [5.74, 6) is 1.44. The third kappa shape index (κ3) is 2.50. The maximum atomic E-state index is 12.8. The average molecular weight is 335 g/mol. The number of pyridine rings is 1. The van der Waals surface area contributed by atoms with Crippen molar-refractivity contribution in [3.63, 3.8) is 0 Å². The summed E-state index contributed by atoms with van der Waals surface area (Å²) in [6.07, 6.45) is -1.13. The van der Waals surface area contributed by atoms with Gasteiger partial charge in [-0.15, -0.1) is 0 Å². The van der Waals surface area contributed by atoms with Gasteiger partial charge in [-0.3, -0.25) is 4.79 Å². The van der Waals surface area contributed by atoms with Crippen LogP contribution >= 0.6 is 0 Å². The summed E-state index contributed by atoms with van der Waals surface area (Å²) in [7, 11) is 3.10. The van der Waals surface area contributed by atoms with E-state index in [4.69, 9.17) is 14.2 Å². The Hall–Kier alpha value is -2.25. The quantitative estimate of drug-likeness (QED) is 0.865. The van der Waals surface area contributed by atoms with Crippen molar-refractivity contribution in [1.29, 1.82) is 0 Å². The van der Waals surface area contributed by atoms with Crippen LogP contribution in [0, 0.1) is 0 Å². The molecule has 0 bridgehead atoms. The molecule has 7 heteroatoms. The van der Waals surface area contributed by atoms with Gasteiger partial charge in [0.05, 0.1) is 24.4 Å². The van der Waals surface area contributed by atoms with E-state index >= 15 is 0 Å². The van der Waals surface area contributed by atoms with E-state index in [1.165, 1.54) is 25.5 Å². The molecule has 1 atom stereocenters. The van der Waals surface area contributed by atoms with Crippen molar-refractivity contribution in [3.05, 3.63) is 28.0 Å². The first kappa shape index (κ1) is 16.6. The molecule has 0 aliphatic carbocycles. The number of ether oxygens (including phenoxy) is 3. The minimum atomic E-state index is -1.33. The normalized spacial score (nSPS) is 14.9. The molecule has 0 unspecified atom stereocenters. The Labute approximate surface area is 139 Å². The molecule has 0 fully saturated rings. The summed E-state index contributed by atoms with van der Waals surface area (Å²) in [4.78, 5) is 12.8. The number of aryl methyl sites for hydroxylation is 1. The zero-order valence-corrected chi connectivity index (χ0v) is 14.1. The molecule has 7 nitrogen and oxygen atoms in total. The third-order valence-electron chi connectivity index (χ3n) is 4.35. The maximum absolute atomic E-state index is 12.8. The zero-order chi connectivity index (χ0) is 17.6. The molecule has 0 saturated heterocycles. The van der Waals surface area contributed by atoms with Crippen molar-refractivity contribution >= 4 is 10.9 Å². The molecule has 0 amide bonds. The van der Waals surface area contributed by atoms with Gasteiger partial charge in [0.1, 0.15) is 11.3 Å². The van der Waals surface area contributed by atoms with E-state index < -0.39 is 11.7 Å². The van der Waals surface area contributed by atoms with E-state index in [1.54, 1.807) is 19.2 Å². The Bertz CT molecular complexity index is 849. The number of benzene rings is 1. The van der Waals surface area contributed by atoms with Crippen molar-refractivity contribution in [1.82, 2.24) is 4.57 Å². The second-order valence-corrected chi connectivity index (χ2v) is 6.45. The first-order chi connectivity index (χ1) is 11.3. The van der Waals surface area contributed by atoms with Crippen LogP contribution in [-0.2, 0) is 13.5 Å². The van der Waals surface area contributed by atoms with Gasteiger partial charge < -0.3 is 29.0 Å². The fraction of sp³-hybridized carbons (Fsp3) is 0.471. The van der Waals surface area contributed by atoms with Crippen LogP contribution in [0.3, 0.4) is 0 Å². The molecule has 1 aromatic carbocycles. The third-order valence-corrected chi connectivity index (χ3v) is 4.35. The molecular weight excluding hydrogens is 314 g/mol. The summed E-state index contributed by atoms with van der Waals surface area (Å²) in [6.45, 7) is 3.09. The lowest BCUT2D eigenvalue weighted by molar-refractivity contribution is -0.0472. The van der Waals surface area contributed by atoms with Crippen molar-refractivity contribution in [2.75, 3.05) is 13.9 Å². The van der Waals surface area contributed by atoms with Gasteiger partial charge in [-0.2, -0.15) is 0 Å². The Kier molecular flexibility index (Phi) is 3.93. The van der Waals surface area contributed by atoms with Gasteiger partial charge in [0.15, 0.2) is 11.5 Å². The minimum absolute atomic E-state index is 0.0241. The van der Waals surface area contributed by atoms with Crippen LogP contribution in [0.25, 0.3) is 10.9 Å². The number of rotatable bonds is 4. The Morgan fingerprint density at radius 1 is 1.38 bits per heavy atom. The fourth-order valence-electron chi connectivity index (χ4n) is 2.89. The van der Waals surface area contributed by atoms with Gasteiger partial charge in [0, 0.05) is 18.9 Å². The predicted octanol–water partition coefficient (Wildman–Crippen LogP) is 0.950. The van der Waals surface area contributed by atoms with E-state index in [0.717, 1.165) is 0 Å². The smallest absolute Gasteiger partial charge is 0.257 e. The van der Waals surface area contributed by atoms with E-state index in [9.17, 15) is 15.0 Å². The fourth-order valence-corrected chi connectivity index (χ4v) is 2.89. The summed E-state index contributed by atoms with van der Waals surface area (Å²) >= 11 is 0. The zero-order valence-electron chi connectivity index (χ0n) is 14.1. The van der Waals surface area contributed by atoms with Crippen LogP contribution in [0.5, 0.6) is 17.2 Å². The van der Waals surface area contributed by atoms with Gasteiger partial charge in [0.25, 0.3) is 5.56 Å². The molecule has 130 valence electrons. The van der Waals surface area contributed by atoms with Crippen molar-refractivity contribution in [2.24, 2.45) is 7.05 Å². The second-order valence-electron chi connectivity index (χ2n) is 6.45. The minimum Gasteiger partial charge on any atom is -0.496 e. The highest BCUT2D eigenvalue weighted by Gasteiger charge is 2.29. The number of aromatic nitrogens is 1. The highest BCUT2D eigenvalue weighted by Crippen LogP contribution is 2.42. The Balaban J connectivity index is 2.27. The molecule has 2 N–H and O–H groups in total. The van der Waals surface area contributed by atoms with E-state index in [-0.39, 0.29) is 18.8 Å². The van der Waals surface area contributed by atoms with Gasteiger partial charge in [-0.25, -0.2) is 0 Å². The standard InChI is InChI=1S/C17H21NO6/c1-17(2,21)12(19)7-10-14(22-4)9-5-6-11-15(24-8-23-11)13(9)18(3)16(10)20/h5-6,12,19,21H,7-8H2,1-4H3/t12-/m1/s1. The second kappa shape index (κ2) is 5.68. The number of hydrogen-bond donors (Lipinski definition) is 2. The highest BCUT2D eigenvalue weighted by molar-refractivity contribution is 5.93. The lowest BCUT2D eigenvalue weighted by Crippen LogP contribution is -2.39. The lowest BCUT2D eigenvalue weighted by atomic mass is 9.94. The molecule has 0 saturated carbocycles. The molecule has 1 aliphatic heterocycles. The molecule has 2 heterocycles. The number of nitrogens with zero attached hydrogens (tertiary/aromatic N) is 1. The van der Waals surface area contributed by atoms with Crippen LogP contribution in [0.1, 0.15) is 19.4 Å². The highest BCUT2D eigenvalue weighted by atomic mass is 16.7. The number of aliphatic hydroxyl groups is 2. The monoisotopic (exact) mass is 335 g/mol. The van der Waals surface area contributed by atoms with Crippen molar-refractivity contribution in [3.8, 4) is 17.2 Å². The van der Waals surface area contributed by atoms with Crippen LogP contribution in [0.2, 0.25) is 0 Å². The van der Waals surface area contributed by atoms with E-state index in [0.29, 0.717) is 33.7 Å². The van der Waals surface area contributed by atoms with Crippen LogP contribution in [0.15, 0.2) is 16.9 Å². The van der Waals surface area contributed by atoms with Crippen LogP contribution in [0.4, 0.5) is 0 Å². The molecule has 2 aromatic rings.